The lowest BCUT2D eigenvalue weighted by molar-refractivity contribution is 0.0961. The summed E-state index contributed by atoms with van der Waals surface area (Å²) in [6, 6.07) is 12.4. The molecule has 0 radical (unpaired) electrons. The van der Waals surface area contributed by atoms with Crippen LogP contribution in [-0.2, 0) is 18.4 Å². The highest BCUT2D eigenvalue weighted by atomic mass is 35.5. The number of hydrogen-bond donors (Lipinski definition) is 2. The number of piperidine rings is 1. The van der Waals surface area contributed by atoms with Crippen molar-refractivity contribution in [3.8, 4) is 11.5 Å². The predicted octanol–water partition coefficient (Wildman–Crippen LogP) is 4.23. The second-order valence-corrected chi connectivity index (χ2v) is 8.28. The lowest BCUT2D eigenvalue weighted by Gasteiger charge is -2.45. The van der Waals surface area contributed by atoms with E-state index in [9.17, 15) is 10.2 Å². The third-order valence-corrected chi connectivity index (χ3v) is 6.89. The van der Waals surface area contributed by atoms with Crippen molar-refractivity contribution < 1.29 is 10.2 Å². The number of benzene rings is 2. The molecule has 2 fully saturated rings. The van der Waals surface area contributed by atoms with Crippen LogP contribution in [0.4, 0.5) is 0 Å². The zero-order chi connectivity index (χ0) is 17.2. The molecular weight excluding hydrogens is 334 g/mol. The van der Waals surface area contributed by atoms with E-state index in [0.717, 1.165) is 42.4 Å². The van der Waals surface area contributed by atoms with Crippen LogP contribution in [0.3, 0.4) is 0 Å². The van der Waals surface area contributed by atoms with Crippen LogP contribution in [-0.4, -0.2) is 27.7 Å². The summed E-state index contributed by atoms with van der Waals surface area (Å²) in [4.78, 5) is 2.61. The highest BCUT2D eigenvalue weighted by Crippen LogP contribution is 2.66. The van der Waals surface area contributed by atoms with Crippen LogP contribution in [0.1, 0.15) is 36.0 Å². The summed E-state index contributed by atoms with van der Waals surface area (Å²) in [6.07, 6.45) is 4.29. The van der Waals surface area contributed by atoms with E-state index in [1.807, 2.05) is 12.1 Å². The van der Waals surface area contributed by atoms with Gasteiger partial charge in [-0.2, -0.15) is 0 Å². The Labute approximate surface area is 152 Å². The van der Waals surface area contributed by atoms with E-state index in [4.69, 9.17) is 11.6 Å². The minimum atomic E-state index is 0.0115. The summed E-state index contributed by atoms with van der Waals surface area (Å²) in [5, 5.41) is 21.0. The number of halogens is 1. The van der Waals surface area contributed by atoms with Crippen molar-refractivity contribution in [3.05, 3.63) is 58.1 Å². The Morgan fingerprint density at radius 2 is 2.04 bits per heavy atom. The number of aromatic hydroxyl groups is 2. The van der Waals surface area contributed by atoms with Crippen LogP contribution in [0, 0.1) is 5.92 Å². The first-order valence-corrected chi connectivity index (χ1v) is 9.50. The number of phenolic OH excluding ortho intramolecular Hbond substituents is 2. The highest BCUT2D eigenvalue weighted by molar-refractivity contribution is 6.30. The fraction of sp³-hybridized carbons (Fsp3) is 0.429. The molecule has 1 heterocycles. The minimum absolute atomic E-state index is 0.0115. The summed E-state index contributed by atoms with van der Waals surface area (Å²) < 4.78 is 0. The topological polar surface area (TPSA) is 43.7 Å². The molecule has 3 atom stereocenters. The molecule has 2 N–H and O–H groups in total. The number of nitrogens with zero attached hydrogens (tertiary/aromatic N) is 1. The molecule has 3 aliphatic rings. The van der Waals surface area contributed by atoms with Gasteiger partial charge in [-0.15, -0.1) is 0 Å². The van der Waals surface area contributed by atoms with Gasteiger partial charge in [0.2, 0.25) is 0 Å². The molecule has 0 aromatic heterocycles. The van der Waals surface area contributed by atoms with Gasteiger partial charge in [-0.1, -0.05) is 29.8 Å². The standard InChI is InChI=1S/C21H22ClNO2/c22-15-3-1-2-13(10-15)12-23-9-8-14-11-21(14)17-5-6-18(24)20(25)16(17)4-7-19(21)23/h1-3,5-6,10,14,19,24-25H,4,7-9,11-12H2/t14-,19-,21?/m1/s1. The van der Waals surface area contributed by atoms with Crippen LogP contribution >= 0.6 is 11.6 Å². The molecule has 1 unspecified atom stereocenters. The summed E-state index contributed by atoms with van der Waals surface area (Å²) in [5.41, 5.74) is 3.69. The van der Waals surface area contributed by atoms with E-state index in [1.165, 1.54) is 24.0 Å². The Bertz CT molecular complexity index is 852. The van der Waals surface area contributed by atoms with Crippen molar-refractivity contribution >= 4 is 11.6 Å². The molecule has 4 heteroatoms. The first kappa shape index (κ1) is 15.5. The average Bonchev–Trinajstić information content (AvgIpc) is 3.32. The van der Waals surface area contributed by atoms with Crippen LogP contribution in [0.5, 0.6) is 11.5 Å². The Hall–Kier alpha value is -1.71. The second kappa shape index (κ2) is 5.39. The van der Waals surface area contributed by atoms with Gasteiger partial charge in [0.25, 0.3) is 0 Å². The van der Waals surface area contributed by atoms with Crippen LogP contribution in [0.25, 0.3) is 0 Å². The van der Waals surface area contributed by atoms with Crippen LogP contribution < -0.4 is 0 Å². The van der Waals surface area contributed by atoms with Crippen molar-refractivity contribution in [2.75, 3.05) is 6.54 Å². The zero-order valence-corrected chi connectivity index (χ0v) is 14.8. The zero-order valence-electron chi connectivity index (χ0n) is 14.1. The normalized spacial score (nSPS) is 30.3. The lowest BCUT2D eigenvalue weighted by atomic mass is 9.72. The van der Waals surface area contributed by atoms with E-state index in [0.29, 0.717) is 6.04 Å². The molecule has 1 saturated carbocycles. The van der Waals surface area contributed by atoms with E-state index in [1.54, 1.807) is 6.07 Å². The average molecular weight is 356 g/mol. The molecule has 25 heavy (non-hydrogen) atoms. The second-order valence-electron chi connectivity index (χ2n) is 7.84. The fourth-order valence-electron chi connectivity index (χ4n) is 5.52. The van der Waals surface area contributed by atoms with Gasteiger partial charge in [0.05, 0.1) is 0 Å². The van der Waals surface area contributed by atoms with Crippen molar-refractivity contribution in [1.82, 2.24) is 4.90 Å². The lowest BCUT2D eigenvalue weighted by Crippen LogP contribution is -2.50. The maximum atomic E-state index is 10.3. The number of hydrogen-bond acceptors (Lipinski definition) is 3. The number of phenols is 2. The van der Waals surface area contributed by atoms with Gasteiger partial charge in [0.1, 0.15) is 0 Å². The molecule has 1 aliphatic heterocycles. The smallest absolute Gasteiger partial charge is 0.160 e. The van der Waals surface area contributed by atoms with Gasteiger partial charge < -0.3 is 10.2 Å². The Morgan fingerprint density at radius 3 is 2.88 bits per heavy atom. The highest BCUT2D eigenvalue weighted by Gasteiger charge is 2.64. The number of rotatable bonds is 2. The Balaban J connectivity index is 1.50. The Morgan fingerprint density at radius 1 is 1.16 bits per heavy atom. The SMILES string of the molecule is Oc1ccc2c(c1O)CC[C@H]1N(Cc3cccc(Cl)c3)CC[C@@H]3CC231. The minimum Gasteiger partial charge on any atom is -0.504 e. The van der Waals surface area contributed by atoms with E-state index >= 15 is 0 Å². The van der Waals surface area contributed by atoms with Gasteiger partial charge >= 0.3 is 0 Å². The van der Waals surface area contributed by atoms with Crippen molar-refractivity contribution in [2.45, 2.75) is 43.7 Å². The maximum Gasteiger partial charge on any atom is 0.160 e. The monoisotopic (exact) mass is 355 g/mol. The quantitative estimate of drug-likeness (QED) is 0.792. The number of likely N-dealkylation sites (tertiary alicyclic amines) is 1. The van der Waals surface area contributed by atoms with Gasteiger partial charge in [-0.05, 0) is 67.5 Å². The van der Waals surface area contributed by atoms with Gasteiger partial charge in [0.15, 0.2) is 11.5 Å². The van der Waals surface area contributed by atoms with Gasteiger partial charge in [0, 0.05) is 28.6 Å². The first-order chi connectivity index (χ1) is 12.1. The van der Waals surface area contributed by atoms with E-state index < -0.39 is 0 Å². The molecule has 130 valence electrons. The van der Waals surface area contributed by atoms with Gasteiger partial charge in [-0.25, -0.2) is 0 Å². The third-order valence-electron chi connectivity index (χ3n) is 6.66. The first-order valence-electron chi connectivity index (χ1n) is 9.12. The van der Waals surface area contributed by atoms with Crippen LogP contribution in [0.15, 0.2) is 36.4 Å². The van der Waals surface area contributed by atoms with E-state index in [-0.39, 0.29) is 16.9 Å². The summed E-state index contributed by atoms with van der Waals surface area (Å²) in [6.45, 7) is 2.06. The Kier molecular flexibility index (Phi) is 3.35. The maximum absolute atomic E-state index is 10.3. The van der Waals surface area contributed by atoms with E-state index in [2.05, 4.69) is 23.1 Å². The molecule has 0 amide bonds. The third kappa shape index (κ3) is 2.22. The summed E-state index contributed by atoms with van der Waals surface area (Å²) in [5.74, 6) is 0.830. The van der Waals surface area contributed by atoms with Gasteiger partial charge in [-0.3, -0.25) is 4.90 Å². The summed E-state index contributed by atoms with van der Waals surface area (Å²) in [7, 11) is 0. The molecule has 3 nitrogen and oxygen atoms in total. The molecule has 2 aromatic rings. The molecule has 2 aromatic carbocycles. The summed E-state index contributed by atoms with van der Waals surface area (Å²) >= 11 is 6.16. The number of fused-ring (bicyclic) bond motifs is 1. The fourth-order valence-corrected chi connectivity index (χ4v) is 5.74. The largest absolute Gasteiger partial charge is 0.504 e. The van der Waals surface area contributed by atoms with Crippen molar-refractivity contribution in [3.63, 3.8) is 0 Å². The molecule has 2 aliphatic carbocycles. The molecular formula is C21H22ClNO2. The molecule has 1 saturated heterocycles. The predicted molar refractivity (Wildman–Crippen MR) is 98.1 cm³/mol. The molecule has 0 bridgehead atoms. The molecule has 1 spiro atoms. The van der Waals surface area contributed by atoms with Crippen molar-refractivity contribution in [2.24, 2.45) is 5.92 Å². The van der Waals surface area contributed by atoms with Crippen LogP contribution in [0.2, 0.25) is 5.02 Å². The van der Waals surface area contributed by atoms with Crippen molar-refractivity contribution in [1.29, 1.82) is 0 Å². The molecule has 5 rings (SSSR count).